The van der Waals surface area contributed by atoms with E-state index in [1.807, 2.05) is 31.2 Å². The van der Waals surface area contributed by atoms with E-state index in [2.05, 4.69) is 15.1 Å². The zero-order valence-electron chi connectivity index (χ0n) is 9.21. The van der Waals surface area contributed by atoms with Crippen molar-refractivity contribution < 1.29 is 4.52 Å². The van der Waals surface area contributed by atoms with E-state index in [0.29, 0.717) is 11.4 Å². The summed E-state index contributed by atoms with van der Waals surface area (Å²) >= 11 is 0. The molecular weight excluding hydrogens is 216 g/mol. The second-order valence-corrected chi connectivity index (χ2v) is 3.80. The number of aryl methyl sites for hydroxylation is 1. The fourth-order valence-corrected chi connectivity index (χ4v) is 1.63. The summed E-state index contributed by atoms with van der Waals surface area (Å²) in [6, 6.07) is 7.42. The van der Waals surface area contributed by atoms with Gasteiger partial charge in [-0.05, 0) is 31.2 Å². The predicted octanol–water partition coefficient (Wildman–Crippen LogP) is 2.18. The predicted molar refractivity (Wildman–Crippen MR) is 64.2 cm³/mol. The molecule has 0 aliphatic rings. The lowest BCUT2D eigenvalue weighted by molar-refractivity contribution is 0.449. The second kappa shape index (κ2) is 3.55. The van der Waals surface area contributed by atoms with Gasteiger partial charge in [0, 0.05) is 11.3 Å². The lowest BCUT2D eigenvalue weighted by Crippen LogP contribution is -1.90. The number of rotatable bonds is 1. The number of nitrogen functional groups attached to an aromatic ring is 1. The van der Waals surface area contributed by atoms with Crippen molar-refractivity contribution in [1.29, 1.82) is 0 Å². The molecule has 0 radical (unpaired) electrons. The summed E-state index contributed by atoms with van der Waals surface area (Å²) in [5.41, 5.74) is 9.38. The number of benzene rings is 1. The van der Waals surface area contributed by atoms with Crippen LogP contribution in [0.3, 0.4) is 0 Å². The van der Waals surface area contributed by atoms with Crippen LogP contribution in [-0.4, -0.2) is 15.1 Å². The van der Waals surface area contributed by atoms with Crippen LogP contribution in [-0.2, 0) is 0 Å². The van der Waals surface area contributed by atoms with Crippen LogP contribution < -0.4 is 5.73 Å². The van der Waals surface area contributed by atoms with E-state index in [1.54, 1.807) is 6.20 Å². The fourth-order valence-electron chi connectivity index (χ4n) is 1.63. The average molecular weight is 226 g/mol. The molecule has 5 heteroatoms. The molecule has 0 bridgehead atoms. The SMILES string of the molecule is Cc1noc2cnc(-c3ccc(N)cc3)nc12. The van der Waals surface area contributed by atoms with Gasteiger partial charge in [-0.25, -0.2) is 9.97 Å². The number of fused-ring (bicyclic) bond motifs is 1. The summed E-state index contributed by atoms with van der Waals surface area (Å²) in [5.74, 6) is 0.642. The van der Waals surface area contributed by atoms with Crippen LogP contribution in [0.4, 0.5) is 5.69 Å². The molecule has 0 aliphatic carbocycles. The minimum atomic E-state index is 0.599. The summed E-state index contributed by atoms with van der Waals surface area (Å²) in [4.78, 5) is 8.66. The first kappa shape index (κ1) is 9.77. The summed E-state index contributed by atoms with van der Waals surface area (Å²) in [6.45, 7) is 1.85. The fraction of sp³-hybridized carbons (Fsp3) is 0.0833. The van der Waals surface area contributed by atoms with E-state index in [1.165, 1.54) is 0 Å². The van der Waals surface area contributed by atoms with Gasteiger partial charge in [0.25, 0.3) is 0 Å². The topological polar surface area (TPSA) is 77.8 Å². The molecule has 84 valence electrons. The number of hydrogen-bond acceptors (Lipinski definition) is 5. The standard InChI is InChI=1S/C12H10N4O/c1-7-11-10(17-16-7)6-14-12(15-11)8-2-4-9(13)5-3-8/h2-6H,13H2,1H3. The third kappa shape index (κ3) is 1.61. The summed E-state index contributed by atoms with van der Waals surface area (Å²) in [7, 11) is 0. The third-order valence-electron chi connectivity index (χ3n) is 2.55. The molecule has 0 amide bonds. The zero-order valence-corrected chi connectivity index (χ0v) is 9.21. The second-order valence-electron chi connectivity index (χ2n) is 3.80. The Morgan fingerprint density at radius 2 is 1.94 bits per heavy atom. The van der Waals surface area contributed by atoms with Crippen molar-refractivity contribution in [3.63, 3.8) is 0 Å². The highest BCUT2D eigenvalue weighted by Crippen LogP contribution is 2.20. The summed E-state index contributed by atoms with van der Waals surface area (Å²) < 4.78 is 5.06. The Morgan fingerprint density at radius 1 is 1.18 bits per heavy atom. The van der Waals surface area contributed by atoms with Gasteiger partial charge in [0.2, 0.25) is 5.58 Å². The maximum atomic E-state index is 5.64. The van der Waals surface area contributed by atoms with Crippen molar-refractivity contribution in [3.05, 3.63) is 36.2 Å². The van der Waals surface area contributed by atoms with Gasteiger partial charge in [-0.15, -0.1) is 0 Å². The molecular formula is C12H10N4O. The number of nitrogens with zero attached hydrogens (tertiary/aromatic N) is 3. The van der Waals surface area contributed by atoms with Gasteiger partial charge in [-0.1, -0.05) is 5.16 Å². The van der Waals surface area contributed by atoms with Crippen LogP contribution in [0.15, 0.2) is 35.0 Å². The maximum absolute atomic E-state index is 5.64. The van der Waals surface area contributed by atoms with Crippen molar-refractivity contribution >= 4 is 16.8 Å². The van der Waals surface area contributed by atoms with Gasteiger partial charge in [-0.2, -0.15) is 0 Å². The van der Waals surface area contributed by atoms with Crippen LogP contribution in [0.2, 0.25) is 0 Å². The molecule has 3 aromatic rings. The van der Waals surface area contributed by atoms with E-state index in [0.717, 1.165) is 22.5 Å². The first-order valence-electron chi connectivity index (χ1n) is 5.19. The molecule has 5 nitrogen and oxygen atoms in total. The Morgan fingerprint density at radius 3 is 2.71 bits per heavy atom. The van der Waals surface area contributed by atoms with Crippen LogP contribution in [0.1, 0.15) is 5.69 Å². The van der Waals surface area contributed by atoms with Gasteiger partial charge in [0.15, 0.2) is 5.82 Å². The highest BCUT2D eigenvalue weighted by atomic mass is 16.5. The molecule has 0 saturated carbocycles. The number of aromatic nitrogens is 3. The van der Waals surface area contributed by atoms with E-state index in [-0.39, 0.29) is 0 Å². The van der Waals surface area contributed by atoms with E-state index in [4.69, 9.17) is 10.3 Å². The molecule has 0 unspecified atom stereocenters. The molecule has 0 spiro atoms. The number of nitrogens with two attached hydrogens (primary N) is 1. The Balaban J connectivity index is 2.17. The Kier molecular flexibility index (Phi) is 2.04. The van der Waals surface area contributed by atoms with Gasteiger partial charge < -0.3 is 10.3 Å². The molecule has 2 N–H and O–H groups in total. The molecule has 1 aromatic carbocycles. The van der Waals surface area contributed by atoms with Crippen LogP contribution >= 0.6 is 0 Å². The Bertz CT molecular complexity index is 673. The molecule has 2 heterocycles. The molecule has 2 aromatic heterocycles. The van der Waals surface area contributed by atoms with Crippen molar-refractivity contribution in [3.8, 4) is 11.4 Å². The number of hydrogen-bond donors (Lipinski definition) is 1. The minimum absolute atomic E-state index is 0.599. The largest absolute Gasteiger partial charge is 0.399 e. The smallest absolute Gasteiger partial charge is 0.203 e. The molecule has 0 atom stereocenters. The first-order valence-corrected chi connectivity index (χ1v) is 5.19. The van der Waals surface area contributed by atoms with Crippen LogP contribution in [0.25, 0.3) is 22.5 Å². The zero-order chi connectivity index (χ0) is 11.8. The summed E-state index contributed by atoms with van der Waals surface area (Å²) in [5, 5.41) is 3.85. The van der Waals surface area contributed by atoms with Crippen LogP contribution in [0, 0.1) is 6.92 Å². The van der Waals surface area contributed by atoms with Crippen molar-refractivity contribution in [2.45, 2.75) is 6.92 Å². The quantitative estimate of drug-likeness (QED) is 0.643. The van der Waals surface area contributed by atoms with Gasteiger partial charge in [0.05, 0.1) is 6.20 Å². The minimum Gasteiger partial charge on any atom is -0.399 e. The van der Waals surface area contributed by atoms with Crippen LogP contribution in [0.5, 0.6) is 0 Å². The maximum Gasteiger partial charge on any atom is 0.203 e. The number of anilines is 1. The molecule has 0 aliphatic heterocycles. The lowest BCUT2D eigenvalue weighted by atomic mass is 10.2. The molecule has 17 heavy (non-hydrogen) atoms. The van der Waals surface area contributed by atoms with Crippen molar-refractivity contribution in [2.75, 3.05) is 5.73 Å². The first-order chi connectivity index (χ1) is 8.24. The van der Waals surface area contributed by atoms with Gasteiger partial charge in [0.1, 0.15) is 11.2 Å². The van der Waals surface area contributed by atoms with Gasteiger partial charge in [-0.3, -0.25) is 0 Å². The van der Waals surface area contributed by atoms with E-state index in [9.17, 15) is 0 Å². The van der Waals surface area contributed by atoms with Gasteiger partial charge >= 0.3 is 0 Å². The van der Waals surface area contributed by atoms with Crippen molar-refractivity contribution in [1.82, 2.24) is 15.1 Å². The highest BCUT2D eigenvalue weighted by Gasteiger charge is 2.08. The highest BCUT2D eigenvalue weighted by molar-refractivity contribution is 5.76. The lowest BCUT2D eigenvalue weighted by Gasteiger charge is -1.99. The molecule has 0 saturated heterocycles. The molecule has 3 rings (SSSR count). The average Bonchev–Trinajstić information content (AvgIpc) is 2.72. The monoisotopic (exact) mass is 226 g/mol. The normalized spacial score (nSPS) is 10.9. The molecule has 0 fully saturated rings. The third-order valence-corrected chi connectivity index (χ3v) is 2.55. The van der Waals surface area contributed by atoms with E-state index < -0.39 is 0 Å². The summed E-state index contributed by atoms with van der Waals surface area (Å²) in [6.07, 6.45) is 1.63. The van der Waals surface area contributed by atoms with Crippen molar-refractivity contribution in [2.24, 2.45) is 0 Å². The Hall–Kier alpha value is -2.43. The Labute approximate surface area is 97.3 Å². The van der Waals surface area contributed by atoms with E-state index >= 15 is 0 Å².